The predicted molar refractivity (Wildman–Crippen MR) is 49.6 cm³/mol. The van der Waals surface area contributed by atoms with Crippen LogP contribution in [0.1, 0.15) is 38.5 Å². The highest BCUT2D eigenvalue weighted by atomic mass is 16.4. The molecule has 1 heterocycles. The highest BCUT2D eigenvalue weighted by Gasteiger charge is 2.42. The van der Waals surface area contributed by atoms with E-state index in [1.807, 2.05) is 0 Å². The molecule has 0 aromatic rings. The molecule has 2 aliphatic rings. The highest BCUT2D eigenvalue weighted by Crippen LogP contribution is 2.39. The van der Waals surface area contributed by atoms with Gasteiger partial charge in [-0.15, -0.1) is 0 Å². The van der Waals surface area contributed by atoms with Crippen LogP contribution >= 0.6 is 0 Å². The highest BCUT2D eigenvalue weighted by molar-refractivity contribution is 5.70. The topological polar surface area (TPSA) is 49.3 Å². The largest absolute Gasteiger partial charge is 0.481 e. The van der Waals surface area contributed by atoms with E-state index in [2.05, 4.69) is 5.32 Å². The molecule has 3 heteroatoms. The second kappa shape index (κ2) is 3.29. The standard InChI is InChI=1S/C10H17NO2/c12-9(13)8-3-5-10(7-8)4-1-2-6-11-10/h8,11H,1-7H2,(H,12,13). The second-order valence-corrected chi connectivity index (χ2v) is 4.44. The zero-order valence-corrected chi connectivity index (χ0v) is 7.88. The van der Waals surface area contributed by atoms with Gasteiger partial charge in [-0.2, -0.15) is 0 Å². The van der Waals surface area contributed by atoms with Crippen molar-refractivity contribution in [2.45, 2.75) is 44.1 Å². The van der Waals surface area contributed by atoms with E-state index in [-0.39, 0.29) is 11.5 Å². The van der Waals surface area contributed by atoms with Crippen molar-refractivity contribution in [2.24, 2.45) is 5.92 Å². The van der Waals surface area contributed by atoms with Crippen molar-refractivity contribution in [3.63, 3.8) is 0 Å². The summed E-state index contributed by atoms with van der Waals surface area (Å²) in [7, 11) is 0. The van der Waals surface area contributed by atoms with Gasteiger partial charge in [-0.25, -0.2) is 0 Å². The average molecular weight is 183 g/mol. The molecular formula is C10H17NO2. The monoisotopic (exact) mass is 183 g/mol. The lowest BCUT2D eigenvalue weighted by atomic mass is 9.86. The minimum Gasteiger partial charge on any atom is -0.481 e. The fourth-order valence-electron chi connectivity index (χ4n) is 2.76. The quantitative estimate of drug-likeness (QED) is 0.645. The number of piperidine rings is 1. The maximum Gasteiger partial charge on any atom is 0.306 e. The minimum absolute atomic E-state index is 0.0920. The summed E-state index contributed by atoms with van der Waals surface area (Å²) < 4.78 is 0. The molecule has 1 aliphatic heterocycles. The van der Waals surface area contributed by atoms with Gasteiger partial charge in [0.25, 0.3) is 0 Å². The first-order valence-electron chi connectivity index (χ1n) is 5.20. The molecule has 0 radical (unpaired) electrons. The van der Waals surface area contributed by atoms with E-state index in [1.54, 1.807) is 0 Å². The van der Waals surface area contributed by atoms with Crippen molar-refractivity contribution in [3.05, 3.63) is 0 Å². The molecule has 0 aromatic carbocycles. The van der Waals surface area contributed by atoms with Crippen LogP contribution in [0.2, 0.25) is 0 Å². The lowest BCUT2D eigenvalue weighted by Crippen LogP contribution is -2.46. The van der Waals surface area contributed by atoms with Gasteiger partial charge in [0, 0.05) is 5.54 Å². The molecule has 2 fully saturated rings. The number of hydrogen-bond donors (Lipinski definition) is 2. The summed E-state index contributed by atoms with van der Waals surface area (Å²) in [6, 6.07) is 0. The van der Waals surface area contributed by atoms with Crippen molar-refractivity contribution in [1.29, 1.82) is 0 Å². The van der Waals surface area contributed by atoms with Gasteiger partial charge < -0.3 is 10.4 Å². The molecule has 2 atom stereocenters. The van der Waals surface area contributed by atoms with E-state index in [0.29, 0.717) is 0 Å². The van der Waals surface area contributed by atoms with E-state index in [4.69, 9.17) is 5.11 Å². The van der Waals surface area contributed by atoms with Crippen LogP contribution in [0.4, 0.5) is 0 Å². The molecule has 1 aliphatic carbocycles. The number of carboxylic acid groups (broad SMARTS) is 1. The summed E-state index contributed by atoms with van der Waals surface area (Å²) in [6.07, 6.45) is 6.46. The fraction of sp³-hybridized carbons (Fsp3) is 0.900. The van der Waals surface area contributed by atoms with Crippen molar-refractivity contribution in [1.82, 2.24) is 5.32 Å². The third kappa shape index (κ3) is 1.70. The van der Waals surface area contributed by atoms with E-state index in [0.717, 1.165) is 25.8 Å². The Morgan fingerprint density at radius 3 is 2.77 bits per heavy atom. The molecule has 2 unspecified atom stereocenters. The number of aliphatic carboxylic acids is 1. The Kier molecular flexibility index (Phi) is 2.28. The molecule has 13 heavy (non-hydrogen) atoms. The summed E-state index contributed by atoms with van der Waals surface area (Å²) >= 11 is 0. The Balaban J connectivity index is 1.98. The van der Waals surface area contributed by atoms with Gasteiger partial charge in [0.2, 0.25) is 0 Å². The summed E-state index contributed by atoms with van der Waals surface area (Å²) in [6.45, 7) is 1.08. The van der Waals surface area contributed by atoms with Gasteiger partial charge in [0.05, 0.1) is 5.92 Å². The first-order valence-corrected chi connectivity index (χ1v) is 5.20. The Hall–Kier alpha value is -0.570. The van der Waals surface area contributed by atoms with Gasteiger partial charge in [0.1, 0.15) is 0 Å². The molecule has 0 bridgehead atoms. The van der Waals surface area contributed by atoms with Crippen molar-refractivity contribution < 1.29 is 9.90 Å². The molecule has 74 valence electrons. The Bertz CT molecular complexity index is 209. The first-order chi connectivity index (χ1) is 6.22. The number of carboxylic acids is 1. The first kappa shape index (κ1) is 9.00. The van der Waals surface area contributed by atoms with Crippen LogP contribution in [-0.4, -0.2) is 23.2 Å². The normalized spacial score (nSPS) is 39.5. The van der Waals surface area contributed by atoms with Gasteiger partial charge in [-0.1, -0.05) is 6.42 Å². The van der Waals surface area contributed by atoms with Crippen LogP contribution in [0.5, 0.6) is 0 Å². The van der Waals surface area contributed by atoms with Crippen LogP contribution in [-0.2, 0) is 4.79 Å². The molecule has 0 amide bonds. The van der Waals surface area contributed by atoms with Crippen molar-refractivity contribution >= 4 is 5.97 Å². The van der Waals surface area contributed by atoms with Gasteiger partial charge in [-0.05, 0) is 38.6 Å². The van der Waals surface area contributed by atoms with Crippen LogP contribution in [0.15, 0.2) is 0 Å². The second-order valence-electron chi connectivity index (χ2n) is 4.44. The van der Waals surface area contributed by atoms with Crippen LogP contribution in [0.3, 0.4) is 0 Å². The molecule has 3 nitrogen and oxygen atoms in total. The zero-order chi connectivity index (χ0) is 9.31. The molecule has 2 N–H and O–H groups in total. The summed E-state index contributed by atoms with van der Waals surface area (Å²) in [5.41, 5.74) is 0.196. The van der Waals surface area contributed by atoms with Crippen LogP contribution < -0.4 is 5.32 Å². The molecule has 0 aromatic heterocycles. The third-order valence-electron chi connectivity index (χ3n) is 3.54. The predicted octanol–water partition coefficient (Wildman–Crippen LogP) is 1.38. The van der Waals surface area contributed by atoms with Crippen LogP contribution in [0.25, 0.3) is 0 Å². The molecule has 1 saturated carbocycles. The smallest absolute Gasteiger partial charge is 0.306 e. The number of rotatable bonds is 1. The van der Waals surface area contributed by atoms with Crippen molar-refractivity contribution in [3.8, 4) is 0 Å². The van der Waals surface area contributed by atoms with Crippen molar-refractivity contribution in [2.75, 3.05) is 6.54 Å². The van der Waals surface area contributed by atoms with Gasteiger partial charge in [0.15, 0.2) is 0 Å². The van der Waals surface area contributed by atoms with E-state index in [9.17, 15) is 4.79 Å². The minimum atomic E-state index is -0.607. The zero-order valence-electron chi connectivity index (χ0n) is 7.88. The maximum atomic E-state index is 10.8. The summed E-state index contributed by atoms with van der Waals surface area (Å²) in [5.74, 6) is -0.699. The van der Waals surface area contributed by atoms with E-state index in [1.165, 1.54) is 19.3 Å². The summed E-state index contributed by atoms with van der Waals surface area (Å²) in [4.78, 5) is 10.8. The lowest BCUT2D eigenvalue weighted by Gasteiger charge is -2.34. The Labute approximate surface area is 78.5 Å². The molecule has 2 rings (SSSR count). The van der Waals surface area contributed by atoms with Gasteiger partial charge >= 0.3 is 5.97 Å². The average Bonchev–Trinajstić information content (AvgIpc) is 2.51. The van der Waals surface area contributed by atoms with E-state index >= 15 is 0 Å². The number of nitrogens with one attached hydrogen (secondary N) is 1. The maximum absolute atomic E-state index is 10.8. The summed E-state index contributed by atoms with van der Waals surface area (Å²) in [5, 5.41) is 12.4. The fourth-order valence-corrected chi connectivity index (χ4v) is 2.76. The third-order valence-corrected chi connectivity index (χ3v) is 3.54. The van der Waals surface area contributed by atoms with E-state index < -0.39 is 5.97 Å². The van der Waals surface area contributed by atoms with Crippen LogP contribution in [0, 0.1) is 5.92 Å². The Morgan fingerprint density at radius 1 is 1.38 bits per heavy atom. The lowest BCUT2D eigenvalue weighted by molar-refractivity contribution is -0.141. The Morgan fingerprint density at radius 2 is 2.23 bits per heavy atom. The molecule has 1 saturated heterocycles. The SMILES string of the molecule is O=C(O)C1CCC2(CCCCN2)C1. The molecular weight excluding hydrogens is 166 g/mol. The molecule has 1 spiro atoms. The van der Waals surface area contributed by atoms with Gasteiger partial charge in [-0.3, -0.25) is 4.79 Å². The number of carbonyl (C=O) groups is 1. The number of hydrogen-bond acceptors (Lipinski definition) is 2.